The maximum absolute atomic E-state index is 12.3. The first-order valence-corrected chi connectivity index (χ1v) is 8.15. The molecule has 2 heterocycles. The molecule has 4 rings (SSSR count). The van der Waals surface area contributed by atoms with Gasteiger partial charge in [0.15, 0.2) is 11.3 Å². The van der Waals surface area contributed by atoms with E-state index in [1.54, 1.807) is 12.1 Å². The predicted molar refractivity (Wildman–Crippen MR) is 95.5 cm³/mol. The second-order valence-electron chi connectivity index (χ2n) is 5.25. The van der Waals surface area contributed by atoms with Gasteiger partial charge in [-0.15, -0.1) is 10.2 Å². The number of hydrogen-bond acceptors (Lipinski definition) is 6. The number of nitrogens with zero attached hydrogens (tertiary/aromatic N) is 2. The van der Waals surface area contributed by atoms with Crippen LogP contribution in [0.5, 0.6) is 5.75 Å². The van der Waals surface area contributed by atoms with Gasteiger partial charge in [0.05, 0.1) is 7.11 Å². The van der Waals surface area contributed by atoms with E-state index in [0.29, 0.717) is 22.6 Å². The van der Waals surface area contributed by atoms with Crippen LogP contribution in [0.1, 0.15) is 0 Å². The highest BCUT2D eigenvalue weighted by atomic mass is 79.9. The van der Waals surface area contributed by atoms with Gasteiger partial charge >= 0.3 is 5.63 Å². The highest BCUT2D eigenvalue weighted by molar-refractivity contribution is 9.10. The van der Waals surface area contributed by atoms with Crippen LogP contribution in [0.2, 0.25) is 0 Å². The lowest BCUT2D eigenvalue weighted by molar-refractivity contribution is 0.406. The van der Waals surface area contributed by atoms with Gasteiger partial charge in [-0.2, -0.15) is 0 Å². The molecule has 0 spiro atoms. The SMILES string of the molecule is COc1cccc2cc(-c3nnc(-c4cccc(Br)c4)o3)c(=O)oc12. The number of ether oxygens (including phenoxy) is 1. The zero-order valence-corrected chi connectivity index (χ0v) is 14.6. The lowest BCUT2D eigenvalue weighted by atomic mass is 10.2. The topological polar surface area (TPSA) is 78.4 Å². The molecule has 0 unspecified atom stereocenters. The Hall–Kier alpha value is -2.93. The predicted octanol–water partition coefficient (Wildman–Crippen LogP) is 4.28. The molecule has 0 bridgehead atoms. The lowest BCUT2D eigenvalue weighted by Crippen LogP contribution is -2.03. The van der Waals surface area contributed by atoms with Crippen LogP contribution >= 0.6 is 15.9 Å². The Labute approximate surface area is 150 Å². The van der Waals surface area contributed by atoms with Crippen molar-refractivity contribution >= 4 is 26.9 Å². The number of rotatable bonds is 3. The summed E-state index contributed by atoms with van der Waals surface area (Å²) in [6.45, 7) is 0. The average Bonchev–Trinajstić information content (AvgIpc) is 3.10. The van der Waals surface area contributed by atoms with E-state index in [9.17, 15) is 4.79 Å². The summed E-state index contributed by atoms with van der Waals surface area (Å²) in [5.41, 5.74) is 0.765. The van der Waals surface area contributed by atoms with E-state index >= 15 is 0 Å². The van der Waals surface area contributed by atoms with E-state index < -0.39 is 5.63 Å². The molecule has 0 amide bonds. The number of methoxy groups -OCH3 is 1. The van der Waals surface area contributed by atoms with Gasteiger partial charge < -0.3 is 13.6 Å². The van der Waals surface area contributed by atoms with Crippen LogP contribution in [0, 0.1) is 0 Å². The van der Waals surface area contributed by atoms with Crippen LogP contribution in [-0.2, 0) is 0 Å². The van der Waals surface area contributed by atoms with Crippen LogP contribution in [0.3, 0.4) is 0 Å². The highest BCUT2D eigenvalue weighted by Gasteiger charge is 2.17. The molecule has 6 nitrogen and oxygen atoms in total. The van der Waals surface area contributed by atoms with Gasteiger partial charge in [0.25, 0.3) is 5.89 Å². The fourth-order valence-electron chi connectivity index (χ4n) is 2.50. The number of fused-ring (bicyclic) bond motifs is 1. The summed E-state index contributed by atoms with van der Waals surface area (Å²) >= 11 is 3.40. The molecule has 0 aliphatic rings. The molecule has 2 aromatic heterocycles. The van der Waals surface area contributed by atoms with Gasteiger partial charge in [-0.1, -0.05) is 34.1 Å². The number of halogens is 1. The van der Waals surface area contributed by atoms with E-state index in [1.165, 1.54) is 7.11 Å². The molecular weight excluding hydrogens is 388 g/mol. The van der Waals surface area contributed by atoms with Crippen molar-refractivity contribution < 1.29 is 13.6 Å². The highest BCUT2D eigenvalue weighted by Crippen LogP contribution is 2.28. The third-order valence-electron chi connectivity index (χ3n) is 3.67. The quantitative estimate of drug-likeness (QED) is 0.479. The van der Waals surface area contributed by atoms with Gasteiger partial charge in [-0.05, 0) is 30.3 Å². The number of para-hydroxylation sites is 1. The molecule has 0 saturated carbocycles. The molecule has 25 heavy (non-hydrogen) atoms. The summed E-state index contributed by atoms with van der Waals surface area (Å²) in [7, 11) is 1.52. The van der Waals surface area contributed by atoms with E-state index in [1.807, 2.05) is 36.4 Å². The maximum Gasteiger partial charge on any atom is 0.349 e. The van der Waals surface area contributed by atoms with Crippen molar-refractivity contribution in [3.05, 3.63) is 63.4 Å². The first kappa shape index (κ1) is 15.6. The summed E-state index contributed by atoms with van der Waals surface area (Å²) < 4.78 is 17.2. The van der Waals surface area contributed by atoms with Gasteiger partial charge in [0.1, 0.15) is 5.56 Å². The van der Waals surface area contributed by atoms with E-state index in [2.05, 4.69) is 26.1 Å². The van der Waals surface area contributed by atoms with Gasteiger partial charge in [0, 0.05) is 15.4 Å². The van der Waals surface area contributed by atoms with Gasteiger partial charge in [-0.25, -0.2) is 4.79 Å². The Morgan fingerprint density at radius 3 is 2.60 bits per heavy atom. The van der Waals surface area contributed by atoms with Crippen LogP contribution in [0.15, 0.2) is 66.6 Å². The zero-order chi connectivity index (χ0) is 17.4. The van der Waals surface area contributed by atoms with Crippen LogP contribution in [0.25, 0.3) is 33.9 Å². The molecule has 7 heteroatoms. The fourth-order valence-corrected chi connectivity index (χ4v) is 2.90. The average molecular weight is 399 g/mol. The minimum atomic E-state index is -0.568. The van der Waals surface area contributed by atoms with Gasteiger partial charge in [0.2, 0.25) is 5.89 Å². The second-order valence-corrected chi connectivity index (χ2v) is 6.16. The monoisotopic (exact) mass is 398 g/mol. The van der Waals surface area contributed by atoms with Crippen LogP contribution in [-0.4, -0.2) is 17.3 Å². The van der Waals surface area contributed by atoms with E-state index in [-0.39, 0.29) is 11.5 Å². The Bertz CT molecular complexity index is 1130. The van der Waals surface area contributed by atoms with E-state index in [0.717, 1.165) is 10.0 Å². The third-order valence-corrected chi connectivity index (χ3v) is 4.16. The molecule has 0 fully saturated rings. The van der Waals surface area contributed by atoms with Crippen LogP contribution < -0.4 is 10.4 Å². The maximum atomic E-state index is 12.3. The largest absolute Gasteiger partial charge is 0.493 e. The van der Waals surface area contributed by atoms with Crippen molar-refractivity contribution in [1.29, 1.82) is 0 Å². The lowest BCUT2D eigenvalue weighted by Gasteiger charge is -2.04. The Kier molecular flexibility index (Phi) is 3.85. The molecule has 0 aliphatic carbocycles. The standard InChI is InChI=1S/C18H11BrN2O4/c1-23-14-7-3-4-10-9-13(18(22)24-15(10)14)17-21-20-16(25-17)11-5-2-6-12(19)8-11/h2-9H,1H3. The molecule has 0 saturated heterocycles. The smallest absolute Gasteiger partial charge is 0.349 e. The van der Waals surface area contributed by atoms with Crippen molar-refractivity contribution in [1.82, 2.24) is 10.2 Å². The minimum Gasteiger partial charge on any atom is -0.493 e. The molecule has 2 aromatic carbocycles. The van der Waals surface area contributed by atoms with Gasteiger partial charge in [-0.3, -0.25) is 0 Å². The molecular formula is C18H11BrN2O4. The van der Waals surface area contributed by atoms with Crippen molar-refractivity contribution in [3.63, 3.8) is 0 Å². The zero-order valence-electron chi connectivity index (χ0n) is 13.0. The van der Waals surface area contributed by atoms with Crippen molar-refractivity contribution in [3.8, 4) is 28.7 Å². The molecule has 0 aliphatic heterocycles. The van der Waals surface area contributed by atoms with Crippen molar-refractivity contribution in [2.75, 3.05) is 7.11 Å². The van der Waals surface area contributed by atoms with Crippen molar-refractivity contribution in [2.24, 2.45) is 0 Å². The molecule has 4 aromatic rings. The molecule has 0 N–H and O–H groups in total. The number of aromatic nitrogens is 2. The normalized spacial score (nSPS) is 11.0. The van der Waals surface area contributed by atoms with E-state index in [4.69, 9.17) is 13.6 Å². The summed E-state index contributed by atoms with van der Waals surface area (Å²) in [5, 5.41) is 8.70. The summed E-state index contributed by atoms with van der Waals surface area (Å²) in [4.78, 5) is 12.3. The number of hydrogen-bond donors (Lipinski definition) is 0. The first-order valence-electron chi connectivity index (χ1n) is 7.36. The first-order chi connectivity index (χ1) is 12.2. The number of benzene rings is 2. The Morgan fingerprint density at radius 2 is 1.80 bits per heavy atom. The third kappa shape index (κ3) is 2.83. The van der Waals surface area contributed by atoms with Crippen LogP contribution in [0.4, 0.5) is 0 Å². The molecule has 0 atom stereocenters. The Balaban J connectivity index is 1.83. The summed E-state index contributed by atoms with van der Waals surface area (Å²) in [6.07, 6.45) is 0. The Morgan fingerprint density at radius 1 is 1.00 bits per heavy atom. The fraction of sp³-hybridized carbons (Fsp3) is 0.0556. The summed E-state index contributed by atoms with van der Waals surface area (Å²) in [5.74, 6) is 0.913. The molecule has 0 radical (unpaired) electrons. The minimum absolute atomic E-state index is 0.105. The molecule has 124 valence electrons. The summed E-state index contributed by atoms with van der Waals surface area (Å²) in [6, 6.07) is 14.5. The second kappa shape index (κ2) is 6.18. The van der Waals surface area contributed by atoms with Crippen molar-refractivity contribution in [2.45, 2.75) is 0 Å².